The summed E-state index contributed by atoms with van der Waals surface area (Å²) in [7, 11) is 1.63. The van der Waals surface area contributed by atoms with Crippen LogP contribution in [0.3, 0.4) is 0 Å². The van der Waals surface area contributed by atoms with Crippen LogP contribution in [-0.2, 0) is 9.53 Å². The van der Waals surface area contributed by atoms with E-state index in [9.17, 15) is 4.79 Å². The Morgan fingerprint density at radius 2 is 2.44 bits per heavy atom. The van der Waals surface area contributed by atoms with E-state index in [4.69, 9.17) is 9.15 Å². The summed E-state index contributed by atoms with van der Waals surface area (Å²) in [5, 5.41) is 5.79. The molecule has 0 bridgehead atoms. The lowest BCUT2D eigenvalue weighted by molar-refractivity contribution is -0.121. The first kappa shape index (κ1) is 12.7. The molecular weight excluding hydrogens is 208 g/mol. The summed E-state index contributed by atoms with van der Waals surface area (Å²) < 4.78 is 10.0. The molecule has 5 nitrogen and oxygen atoms in total. The summed E-state index contributed by atoms with van der Waals surface area (Å²) in [5.41, 5.74) is 0. The second-order valence-electron chi connectivity index (χ2n) is 3.47. The quantitative estimate of drug-likeness (QED) is 0.671. The average molecular weight is 226 g/mol. The predicted octanol–water partition coefficient (Wildman–Crippen LogP) is 0.693. The Morgan fingerprint density at radius 3 is 3.06 bits per heavy atom. The number of ether oxygens (including phenoxy) is 1. The molecule has 0 aliphatic heterocycles. The van der Waals surface area contributed by atoms with Crippen molar-refractivity contribution in [3.05, 3.63) is 24.2 Å². The monoisotopic (exact) mass is 226 g/mol. The van der Waals surface area contributed by atoms with E-state index in [0.29, 0.717) is 13.2 Å². The lowest BCUT2D eigenvalue weighted by Gasteiger charge is -2.11. The molecule has 1 aromatic rings. The first-order valence-electron chi connectivity index (χ1n) is 5.26. The third-order valence-corrected chi connectivity index (χ3v) is 2.12. The van der Waals surface area contributed by atoms with Crippen molar-refractivity contribution < 1.29 is 13.9 Å². The average Bonchev–Trinajstić information content (AvgIpc) is 2.77. The van der Waals surface area contributed by atoms with E-state index in [0.717, 1.165) is 5.76 Å². The van der Waals surface area contributed by atoms with E-state index in [1.807, 2.05) is 13.0 Å². The molecule has 0 unspecified atom stereocenters. The van der Waals surface area contributed by atoms with Crippen LogP contribution >= 0.6 is 0 Å². The molecule has 1 amide bonds. The van der Waals surface area contributed by atoms with Gasteiger partial charge in [-0.15, -0.1) is 0 Å². The Kier molecular flexibility index (Phi) is 5.60. The van der Waals surface area contributed by atoms with Crippen LogP contribution in [0.5, 0.6) is 0 Å². The standard InChI is InChI=1S/C11H18N2O3/c1-9(10-4-3-6-16-10)13-11(14)8-12-5-7-15-2/h3-4,6,9,12H,5,7-8H2,1-2H3,(H,13,14)/t9-/m0/s1. The molecule has 0 spiro atoms. The first-order valence-corrected chi connectivity index (χ1v) is 5.26. The number of rotatable bonds is 7. The van der Waals surface area contributed by atoms with Crippen molar-refractivity contribution in [1.82, 2.24) is 10.6 Å². The highest BCUT2D eigenvalue weighted by molar-refractivity contribution is 5.78. The molecule has 90 valence electrons. The Bertz CT molecular complexity index is 298. The maximum absolute atomic E-state index is 11.5. The van der Waals surface area contributed by atoms with Crippen LogP contribution in [0, 0.1) is 0 Å². The van der Waals surface area contributed by atoms with Gasteiger partial charge in [0.05, 0.1) is 25.5 Å². The minimum atomic E-state index is -0.105. The zero-order valence-corrected chi connectivity index (χ0v) is 9.66. The van der Waals surface area contributed by atoms with Gasteiger partial charge in [0.15, 0.2) is 0 Å². The summed E-state index contributed by atoms with van der Waals surface area (Å²) in [5.74, 6) is 0.699. The SMILES string of the molecule is COCCNCC(=O)N[C@@H](C)c1ccco1. The molecule has 5 heteroatoms. The maximum atomic E-state index is 11.5. The van der Waals surface area contributed by atoms with Gasteiger partial charge in [0.1, 0.15) is 5.76 Å². The van der Waals surface area contributed by atoms with Gasteiger partial charge >= 0.3 is 0 Å². The molecule has 0 aliphatic carbocycles. The van der Waals surface area contributed by atoms with Crippen molar-refractivity contribution in [1.29, 1.82) is 0 Å². The van der Waals surface area contributed by atoms with Crippen molar-refractivity contribution in [2.24, 2.45) is 0 Å². The predicted molar refractivity (Wildman–Crippen MR) is 60.0 cm³/mol. The zero-order valence-electron chi connectivity index (χ0n) is 9.66. The third-order valence-electron chi connectivity index (χ3n) is 2.12. The highest BCUT2D eigenvalue weighted by Gasteiger charge is 2.10. The number of furan rings is 1. The lowest BCUT2D eigenvalue weighted by atomic mass is 10.2. The second kappa shape index (κ2) is 7.03. The molecular formula is C11H18N2O3. The van der Waals surface area contributed by atoms with E-state index in [1.165, 1.54) is 0 Å². The Morgan fingerprint density at radius 1 is 1.62 bits per heavy atom. The molecule has 2 N–H and O–H groups in total. The van der Waals surface area contributed by atoms with Crippen molar-refractivity contribution in [2.45, 2.75) is 13.0 Å². The first-order chi connectivity index (χ1) is 7.74. The summed E-state index contributed by atoms with van der Waals surface area (Å²) in [4.78, 5) is 11.5. The van der Waals surface area contributed by atoms with Gasteiger partial charge in [-0.25, -0.2) is 0 Å². The number of carbonyl (C=O) groups excluding carboxylic acids is 1. The van der Waals surface area contributed by atoms with Crippen molar-refractivity contribution in [2.75, 3.05) is 26.8 Å². The number of hydrogen-bond donors (Lipinski definition) is 2. The third kappa shape index (κ3) is 4.46. The summed E-state index contributed by atoms with van der Waals surface area (Å²) >= 11 is 0. The van der Waals surface area contributed by atoms with Gasteiger partial charge in [-0.05, 0) is 19.1 Å². The largest absolute Gasteiger partial charge is 0.467 e. The minimum absolute atomic E-state index is 0.0556. The van der Waals surface area contributed by atoms with Crippen LogP contribution in [0.2, 0.25) is 0 Å². The Labute approximate surface area is 95.2 Å². The van der Waals surface area contributed by atoms with E-state index < -0.39 is 0 Å². The van der Waals surface area contributed by atoms with Gasteiger partial charge < -0.3 is 19.8 Å². The summed E-state index contributed by atoms with van der Waals surface area (Å²) in [6.45, 7) is 3.43. The zero-order chi connectivity index (χ0) is 11.8. The van der Waals surface area contributed by atoms with Crippen LogP contribution in [0.15, 0.2) is 22.8 Å². The van der Waals surface area contributed by atoms with Crippen molar-refractivity contribution in [3.8, 4) is 0 Å². The highest BCUT2D eigenvalue weighted by Crippen LogP contribution is 2.11. The molecule has 16 heavy (non-hydrogen) atoms. The number of amides is 1. The van der Waals surface area contributed by atoms with E-state index in [2.05, 4.69) is 10.6 Å². The summed E-state index contributed by atoms with van der Waals surface area (Å²) in [6.07, 6.45) is 1.59. The fraction of sp³-hybridized carbons (Fsp3) is 0.545. The number of hydrogen-bond acceptors (Lipinski definition) is 4. The molecule has 0 aromatic carbocycles. The van der Waals surface area contributed by atoms with Crippen LogP contribution < -0.4 is 10.6 Å². The fourth-order valence-electron chi connectivity index (χ4n) is 1.28. The molecule has 1 heterocycles. The molecule has 0 saturated carbocycles. The van der Waals surface area contributed by atoms with Gasteiger partial charge in [-0.2, -0.15) is 0 Å². The van der Waals surface area contributed by atoms with Gasteiger partial charge in [0.25, 0.3) is 0 Å². The molecule has 1 rings (SSSR count). The highest BCUT2D eigenvalue weighted by atomic mass is 16.5. The summed E-state index contributed by atoms with van der Waals surface area (Å²) in [6, 6.07) is 3.53. The minimum Gasteiger partial charge on any atom is -0.467 e. The molecule has 0 radical (unpaired) electrons. The lowest BCUT2D eigenvalue weighted by Crippen LogP contribution is -2.36. The normalized spacial score (nSPS) is 12.4. The topological polar surface area (TPSA) is 63.5 Å². The molecule has 1 atom stereocenters. The molecule has 0 aliphatic rings. The number of nitrogens with one attached hydrogen (secondary N) is 2. The maximum Gasteiger partial charge on any atom is 0.234 e. The van der Waals surface area contributed by atoms with Gasteiger partial charge in [0, 0.05) is 13.7 Å². The Hall–Kier alpha value is -1.33. The van der Waals surface area contributed by atoms with E-state index in [1.54, 1.807) is 19.4 Å². The van der Waals surface area contributed by atoms with Crippen LogP contribution in [0.1, 0.15) is 18.7 Å². The van der Waals surface area contributed by atoms with Gasteiger partial charge in [-0.3, -0.25) is 4.79 Å². The van der Waals surface area contributed by atoms with Gasteiger partial charge in [-0.1, -0.05) is 0 Å². The number of carbonyl (C=O) groups is 1. The van der Waals surface area contributed by atoms with E-state index in [-0.39, 0.29) is 18.5 Å². The second-order valence-corrected chi connectivity index (χ2v) is 3.47. The molecule has 0 fully saturated rings. The fourth-order valence-corrected chi connectivity index (χ4v) is 1.28. The van der Waals surface area contributed by atoms with Crippen LogP contribution in [0.25, 0.3) is 0 Å². The van der Waals surface area contributed by atoms with E-state index >= 15 is 0 Å². The van der Waals surface area contributed by atoms with Gasteiger partial charge in [0.2, 0.25) is 5.91 Å². The van der Waals surface area contributed by atoms with Crippen molar-refractivity contribution >= 4 is 5.91 Å². The van der Waals surface area contributed by atoms with Crippen LogP contribution in [0.4, 0.5) is 0 Å². The number of methoxy groups -OCH3 is 1. The Balaban J connectivity index is 2.19. The smallest absolute Gasteiger partial charge is 0.234 e. The molecule has 1 aromatic heterocycles. The van der Waals surface area contributed by atoms with Crippen molar-refractivity contribution in [3.63, 3.8) is 0 Å². The molecule has 0 saturated heterocycles. The van der Waals surface area contributed by atoms with Crippen LogP contribution in [-0.4, -0.2) is 32.7 Å².